The molecule has 0 amide bonds. The minimum Gasteiger partial charge on any atom is -0.489 e. The van der Waals surface area contributed by atoms with Crippen molar-refractivity contribution in [3.05, 3.63) is 52.9 Å². The third-order valence-electron chi connectivity index (χ3n) is 2.20. The molecule has 0 saturated carbocycles. The van der Waals surface area contributed by atoms with Crippen LogP contribution in [0, 0.1) is 11.6 Å². The molecule has 0 aliphatic carbocycles. The van der Waals surface area contributed by atoms with E-state index in [-0.39, 0.29) is 17.9 Å². The number of halogens is 3. The summed E-state index contributed by atoms with van der Waals surface area (Å²) in [5, 5.41) is 0. The molecule has 5 heteroatoms. The molecule has 0 aliphatic rings. The van der Waals surface area contributed by atoms with E-state index in [0.29, 0.717) is 9.21 Å². The molecule has 0 N–H and O–H groups in total. The van der Waals surface area contributed by atoms with E-state index in [9.17, 15) is 8.78 Å². The average molecular weight is 287 g/mol. The summed E-state index contributed by atoms with van der Waals surface area (Å²) in [5.74, 6) is -1.21. The maximum atomic E-state index is 13.9. The Kier molecular flexibility index (Phi) is 3.99. The fraction of sp³-hybridized carbons (Fsp3) is 0.0769. The summed E-state index contributed by atoms with van der Waals surface area (Å²) in [6.07, 6.45) is 1.50. The number of benzene rings is 1. The molecule has 0 aliphatic heterocycles. The van der Waals surface area contributed by atoms with Gasteiger partial charge >= 0.3 is 0 Å². The maximum absolute atomic E-state index is 13.9. The van der Waals surface area contributed by atoms with E-state index in [1.807, 2.05) is 0 Å². The summed E-state index contributed by atoms with van der Waals surface area (Å²) in [7, 11) is 0. The summed E-state index contributed by atoms with van der Waals surface area (Å²) < 4.78 is 33.3. The molecule has 0 bridgehead atoms. The van der Waals surface area contributed by atoms with Crippen molar-refractivity contribution in [2.75, 3.05) is 6.61 Å². The van der Waals surface area contributed by atoms with Gasteiger partial charge in [-0.2, -0.15) is 0 Å². The first-order valence-electron chi connectivity index (χ1n) is 5.10. The van der Waals surface area contributed by atoms with Crippen LogP contribution in [0.3, 0.4) is 0 Å². The predicted octanol–water partition coefficient (Wildman–Crippen LogP) is 4.91. The van der Waals surface area contributed by atoms with Gasteiger partial charge in [-0.05, 0) is 12.1 Å². The van der Waals surface area contributed by atoms with Crippen molar-refractivity contribution in [1.82, 2.24) is 0 Å². The summed E-state index contributed by atoms with van der Waals surface area (Å²) in [4.78, 5) is 0.449. The highest BCUT2D eigenvalue weighted by atomic mass is 35.5. The molecule has 18 heavy (non-hydrogen) atoms. The Morgan fingerprint density at radius 2 is 1.94 bits per heavy atom. The van der Waals surface area contributed by atoms with Crippen molar-refractivity contribution in [3.63, 3.8) is 0 Å². The molecule has 2 aromatic rings. The van der Waals surface area contributed by atoms with Crippen LogP contribution in [0.1, 0.15) is 0 Å². The number of ether oxygens (including phenoxy) is 1. The Labute approximate surface area is 112 Å². The van der Waals surface area contributed by atoms with E-state index < -0.39 is 11.6 Å². The van der Waals surface area contributed by atoms with E-state index >= 15 is 0 Å². The molecular weight excluding hydrogens is 278 g/mol. The first-order chi connectivity index (χ1) is 8.61. The average Bonchev–Trinajstić information content (AvgIpc) is 2.72. The third-order valence-corrected chi connectivity index (χ3v) is 3.45. The monoisotopic (exact) mass is 286 g/mol. The standard InChI is InChI=1S/C13H9ClF2OS/c1-2-5-17-8-6-9(15)13(10(16)7-8)11-3-4-12(14)18-11/h2-4,6-7H,1,5H2. The van der Waals surface area contributed by atoms with Crippen molar-refractivity contribution < 1.29 is 13.5 Å². The third kappa shape index (κ3) is 2.71. The Hall–Kier alpha value is -1.39. The van der Waals surface area contributed by atoms with Gasteiger partial charge in [0.25, 0.3) is 0 Å². The van der Waals surface area contributed by atoms with Crippen LogP contribution in [-0.4, -0.2) is 6.61 Å². The lowest BCUT2D eigenvalue weighted by Crippen LogP contribution is -1.96. The lowest BCUT2D eigenvalue weighted by molar-refractivity contribution is 0.358. The summed E-state index contributed by atoms with van der Waals surface area (Å²) in [6.45, 7) is 3.66. The summed E-state index contributed by atoms with van der Waals surface area (Å²) in [5.41, 5.74) is -0.0853. The van der Waals surface area contributed by atoms with Crippen LogP contribution >= 0.6 is 22.9 Å². The van der Waals surface area contributed by atoms with E-state index in [0.717, 1.165) is 23.5 Å². The lowest BCUT2D eigenvalue weighted by atomic mass is 10.1. The largest absolute Gasteiger partial charge is 0.489 e. The molecule has 2 rings (SSSR count). The minimum atomic E-state index is -0.674. The number of rotatable bonds is 4. The second-order valence-corrected chi connectivity index (χ2v) is 5.18. The first-order valence-corrected chi connectivity index (χ1v) is 6.29. The Balaban J connectivity index is 2.40. The second kappa shape index (κ2) is 5.50. The molecule has 0 atom stereocenters. The van der Waals surface area contributed by atoms with Crippen LogP contribution < -0.4 is 4.74 Å². The molecule has 1 nitrogen and oxygen atoms in total. The quantitative estimate of drug-likeness (QED) is 0.726. The fourth-order valence-corrected chi connectivity index (χ4v) is 2.56. The smallest absolute Gasteiger partial charge is 0.138 e. The van der Waals surface area contributed by atoms with E-state index in [1.54, 1.807) is 12.1 Å². The molecular formula is C13H9ClF2OS. The fourth-order valence-electron chi connectivity index (χ4n) is 1.47. The highest BCUT2D eigenvalue weighted by Gasteiger charge is 2.15. The van der Waals surface area contributed by atoms with Gasteiger partial charge in [-0.1, -0.05) is 24.3 Å². The van der Waals surface area contributed by atoms with E-state index in [2.05, 4.69) is 6.58 Å². The van der Waals surface area contributed by atoms with Gasteiger partial charge in [0.15, 0.2) is 0 Å². The van der Waals surface area contributed by atoms with Gasteiger partial charge in [-0.15, -0.1) is 11.3 Å². The van der Waals surface area contributed by atoms with Crippen LogP contribution in [0.2, 0.25) is 4.34 Å². The topological polar surface area (TPSA) is 9.23 Å². The van der Waals surface area contributed by atoms with Gasteiger partial charge in [0.2, 0.25) is 0 Å². The van der Waals surface area contributed by atoms with E-state index in [4.69, 9.17) is 16.3 Å². The predicted molar refractivity (Wildman–Crippen MR) is 70.4 cm³/mol. The van der Waals surface area contributed by atoms with Crippen LogP contribution in [0.25, 0.3) is 10.4 Å². The lowest BCUT2D eigenvalue weighted by Gasteiger charge is -2.07. The zero-order valence-corrected chi connectivity index (χ0v) is 10.8. The molecule has 0 unspecified atom stereocenters. The van der Waals surface area contributed by atoms with Gasteiger partial charge in [0.1, 0.15) is 24.0 Å². The van der Waals surface area contributed by atoms with Crippen LogP contribution in [-0.2, 0) is 0 Å². The molecule has 0 saturated heterocycles. The van der Waals surface area contributed by atoms with Crippen molar-refractivity contribution >= 4 is 22.9 Å². The van der Waals surface area contributed by atoms with Gasteiger partial charge in [0.05, 0.1) is 9.90 Å². The highest BCUT2D eigenvalue weighted by molar-refractivity contribution is 7.19. The van der Waals surface area contributed by atoms with Gasteiger partial charge in [0, 0.05) is 17.0 Å². The van der Waals surface area contributed by atoms with Gasteiger partial charge in [-0.3, -0.25) is 0 Å². The van der Waals surface area contributed by atoms with Crippen LogP contribution in [0.15, 0.2) is 36.9 Å². The number of hydrogen-bond donors (Lipinski definition) is 0. The molecule has 94 valence electrons. The van der Waals surface area contributed by atoms with Crippen molar-refractivity contribution in [2.45, 2.75) is 0 Å². The Morgan fingerprint density at radius 3 is 2.44 bits per heavy atom. The normalized spacial score (nSPS) is 10.4. The Morgan fingerprint density at radius 1 is 1.28 bits per heavy atom. The van der Waals surface area contributed by atoms with Gasteiger partial charge in [-0.25, -0.2) is 8.78 Å². The molecule has 1 aromatic carbocycles. The number of hydrogen-bond acceptors (Lipinski definition) is 2. The van der Waals surface area contributed by atoms with Crippen LogP contribution in [0.4, 0.5) is 8.78 Å². The highest BCUT2D eigenvalue weighted by Crippen LogP contribution is 2.36. The van der Waals surface area contributed by atoms with E-state index in [1.165, 1.54) is 6.08 Å². The van der Waals surface area contributed by atoms with Crippen molar-refractivity contribution in [1.29, 1.82) is 0 Å². The van der Waals surface area contributed by atoms with Gasteiger partial charge < -0.3 is 4.74 Å². The molecule has 1 aromatic heterocycles. The molecule has 0 radical (unpaired) electrons. The van der Waals surface area contributed by atoms with Crippen molar-refractivity contribution in [2.24, 2.45) is 0 Å². The second-order valence-electron chi connectivity index (χ2n) is 3.47. The maximum Gasteiger partial charge on any atom is 0.138 e. The summed E-state index contributed by atoms with van der Waals surface area (Å²) >= 11 is 6.87. The minimum absolute atomic E-state index is 0.0853. The molecule has 0 fully saturated rings. The molecule has 1 heterocycles. The number of thiophene rings is 1. The zero-order chi connectivity index (χ0) is 13.1. The SMILES string of the molecule is C=CCOc1cc(F)c(-c2ccc(Cl)s2)c(F)c1. The van der Waals surface area contributed by atoms with Crippen molar-refractivity contribution in [3.8, 4) is 16.2 Å². The molecule has 0 spiro atoms. The van der Waals surface area contributed by atoms with Crippen LogP contribution in [0.5, 0.6) is 5.75 Å². The Bertz CT molecular complexity index is 557. The first kappa shape index (κ1) is 13.1. The zero-order valence-electron chi connectivity index (χ0n) is 9.25. The summed E-state index contributed by atoms with van der Waals surface area (Å²) in [6, 6.07) is 5.48.